The van der Waals surface area contributed by atoms with Gasteiger partial charge in [0.05, 0.1) is 0 Å². The van der Waals surface area contributed by atoms with Gasteiger partial charge in [-0.2, -0.15) is 0 Å². The van der Waals surface area contributed by atoms with Crippen LogP contribution in [0, 0.1) is 0 Å². The number of benzene rings is 1. The van der Waals surface area contributed by atoms with Gasteiger partial charge in [0.1, 0.15) is 0 Å². The van der Waals surface area contributed by atoms with Crippen molar-refractivity contribution in [2.45, 2.75) is 25.2 Å². The molecular formula is C14H16O3. The first-order valence-electron chi connectivity index (χ1n) is 5.85. The van der Waals surface area contributed by atoms with Gasteiger partial charge in [-0.3, -0.25) is 4.79 Å². The molecule has 0 fully saturated rings. The molecular weight excluding hydrogens is 216 g/mol. The number of aliphatic hydroxyl groups excluding tert-OH is 2. The molecule has 0 unspecified atom stereocenters. The predicted molar refractivity (Wildman–Crippen MR) is 64.8 cm³/mol. The fraction of sp³-hybridized carbons (Fsp3) is 0.357. The highest BCUT2D eigenvalue weighted by molar-refractivity contribution is 5.96. The van der Waals surface area contributed by atoms with E-state index in [-0.39, 0.29) is 24.1 Å². The van der Waals surface area contributed by atoms with Crippen molar-refractivity contribution in [2.75, 3.05) is 6.61 Å². The molecule has 3 nitrogen and oxygen atoms in total. The van der Waals surface area contributed by atoms with Crippen LogP contribution in [0.4, 0.5) is 0 Å². The van der Waals surface area contributed by atoms with Crippen LogP contribution in [0.5, 0.6) is 0 Å². The van der Waals surface area contributed by atoms with E-state index in [2.05, 4.69) is 0 Å². The molecule has 1 aromatic rings. The fourth-order valence-corrected chi connectivity index (χ4v) is 2.36. The van der Waals surface area contributed by atoms with Crippen molar-refractivity contribution < 1.29 is 15.0 Å². The second-order valence-corrected chi connectivity index (χ2v) is 4.27. The van der Waals surface area contributed by atoms with Crippen LogP contribution in [0.15, 0.2) is 41.7 Å². The third-order valence-electron chi connectivity index (χ3n) is 3.23. The minimum Gasteiger partial charge on any atom is -0.504 e. The van der Waals surface area contributed by atoms with Crippen molar-refractivity contribution in [2.24, 2.45) is 0 Å². The lowest BCUT2D eigenvalue weighted by Crippen LogP contribution is -2.06. The molecule has 90 valence electrons. The molecule has 1 atom stereocenters. The molecule has 3 heteroatoms. The maximum Gasteiger partial charge on any atom is 0.197 e. The van der Waals surface area contributed by atoms with Crippen LogP contribution in [0.2, 0.25) is 0 Å². The van der Waals surface area contributed by atoms with E-state index in [1.54, 1.807) is 0 Å². The first-order chi connectivity index (χ1) is 8.24. The Kier molecular flexibility index (Phi) is 3.59. The van der Waals surface area contributed by atoms with Gasteiger partial charge in [-0.25, -0.2) is 0 Å². The number of hydrogen-bond acceptors (Lipinski definition) is 3. The number of carbonyl (C=O) groups is 1. The quantitative estimate of drug-likeness (QED) is 0.837. The summed E-state index contributed by atoms with van der Waals surface area (Å²) in [6.07, 6.45) is 1.52. The van der Waals surface area contributed by atoms with E-state index in [0.717, 1.165) is 11.1 Å². The fourth-order valence-electron chi connectivity index (χ4n) is 2.36. The maximum absolute atomic E-state index is 11.4. The van der Waals surface area contributed by atoms with Gasteiger partial charge in [0.25, 0.3) is 0 Å². The van der Waals surface area contributed by atoms with E-state index < -0.39 is 0 Å². The number of carbonyl (C=O) groups excluding carboxylic acids is 1. The summed E-state index contributed by atoms with van der Waals surface area (Å²) in [5.74, 6) is -0.321. The van der Waals surface area contributed by atoms with Gasteiger partial charge in [0, 0.05) is 18.9 Å². The van der Waals surface area contributed by atoms with Crippen molar-refractivity contribution in [3.8, 4) is 0 Å². The zero-order valence-electron chi connectivity index (χ0n) is 9.60. The van der Waals surface area contributed by atoms with Gasteiger partial charge in [-0.05, 0) is 24.0 Å². The Morgan fingerprint density at radius 1 is 1.18 bits per heavy atom. The summed E-state index contributed by atoms with van der Waals surface area (Å²) in [6.45, 7) is 0.0462. The topological polar surface area (TPSA) is 57.5 Å². The van der Waals surface area contributed by atoms with Gasteiger partial charge in [-0.1, -0.05) is 30.3 Å². The lowest BCUT2D eigenvalue weighted by molar-refractivity contribution is -0.117. The second-order valence-electron chi connectivity index (χ2n) is 4.27. The minimum absolute atomic E-state index is 0.0462. The molecule has 0 amide bonds. The van der Waals surface area contributed by atoms with Crippen molar-refractivity contribution in [1.82, 2.24) is 0 Å². The summed E-state index contributed by atoms with van der Waals surface area (Å²) < 4.78 is 0. The predicted octanol–water partition coefficient (Wildman–Crippen LogP) is 2.33. The molecule has 0 saturated carbocycles. The van der Waals surface area contributed by atoms with E-state index in [4.69, 9.17) is 5.11 Å². The molecule has 0 radical (unpaired) electrons. The van der Waals surface area contributed by atoms with Crippen LogP contribution in [0.25, 0.3) is 0 Å². The van der Waals surface area contributed by atoms with E-state index in [1.807, 2.05) is 30.3 Å². The normalized spacial score (nSPS) is 17.6. The first-order valence-corrected chi connectivity index (χ1v) is 5.85. The van der Waals surface area contributed by atoms with E-state index >= 15 is 0 Å². The maximum atomic E-state index is 11.4. The zero-order chi connectivity index (χ0) is 12.3. The molecule has 0 heterocycles. The van der Waals surface area contributed by atoms with Crippen LogP contribution in [0.3, 0.4) is 0 Å². The van der Waals surface area contributed by atoms with E-state index in [9.17, 15) is 9.90 Å². The van der Waals surface area contributed by atoms with Gasteiger partial charge in [-0.15, -0.1) is 0 Å². The summed E-state index contributed by atoms with van der Waals surface area (Å²) in [5.41, 5.74) is 1.81. The Labute approximate surface area is 100 Å². The number of allylic oxidation sites excluding steroid dienone is 2. The number of Topliss-reactive ketones (excluding diaryl/α,β-unsaturated/α-hetero) is 1. The van der Waals surface area contributed by atoms with Crippen LogP contribution in [0.1, 0.15) is 30.7 Å². The molecule has 1 aliphatic carbocycles. The van der Waals surface area contributed by atoms with E-state index in [0.29, 0.717) is 19.3 Å². The van der Waals surface area contributed by atoms with Crippen LogP contribution < -0.4 is 0 Å². The Morgan fingerprint density at radius 2 is 1.88 bits per heavy atom. The smallest absolute Gasteiger partial charge is 0.197 e. The highest BCUT2D eigenvalue weighted by Gasteiger charge is 2.28. The van der Waals surface area contributed by atoms with Gasteiger partial charge in [0.15, 0.2) is 11.5 Å². The van der Waals surface area contributed by atoms with Gasteiger partial charge >= 0.3 is 0 Å². The Balaban J connectivity index is 2.34. The van der Waals surface area contributed by atoms with Crippen molar-refractivity contribution >= 4 is 5.78 Å². The Hall–Kier alpha value is -1.61. The third kappa shape index (κ3) is 2.39. The molecule has 1 aromatic carbocycles. The molecule has 0 saturated heterocycles. The standard InChI is InChI=1S/C14H16O3/c15-9-8-11(10-4-2-1-3-5-10)12-6-7-13(16)14(12)17/h1-5,11,15,17H,6-9H2/t11-/m0/s1. The summed E-state index contributed by atoms with van der Waals surface area (Å²) >= 11 is 0. The SMILES string of the molecule is O=C1CCC([C@@H](CCO)c2ccccc2)=C1O. The lowest BCUT2D eigenvalue weighted by atomic mass is 9.88. The largest absolute Gasteiger partial charge is 0.504 e. The van der Waals surface area contributed by atoms with Crippen LogP contribution >= 0.6 is 0 Å². The minimum atomic E-state index is -0.182. The Morgan fingerprint density at radius 3 is 2.41 bits per heavy atom. The third-order valence-corrected chi connectivity index (χ3v) is 3.23. The molecule has 2 rings (SSSR count). The van der Waals surface area contributed by atoms with Gasteiger partial charge < -0.3 is 10.2 Å². The molecule has 1 aliphatic rings. The second kappa shape index (κ2) is 5.15. The summed E-state index contributed by atoms with van der Waals surface area (Å²) in [6, 6.07) is 9.70. The highest BCUT2D eigenvalue weighted by Crippen LogP contribution is 2.36. The lowest BCUT2D eigenvalue weighted by Gasteiger charge is -2.17. The molecule has 0 aromatic heterocycles. The number of ketones is 1. The monoisotopic (exact) mass is 232 g/mol. The van der Waals surface area contributed by atoms with Gasteiger partial charge in [0.2, 0.25) is 0 Å². The molecule has 0 bridgehead atoms. The molecule has 2 N–H and O–H groups in total. The highest BCUT2D eigenvalue weighted by atomic mass is 16.3. The average molecular weight is 232 g/mol. The summed E-state index contributed by atoms with van der Waals surface area (Å²) in [5, 5.41) is 18.9. The number of rotatable bonds is 4. The first kappa shape index (κ1) is 11.9. The summed E-state index contributed by atoms with van der Waals surface area (Å²) in [7, 11) is 0. The van der Waals surface area contributed by atoms with E-state index in [1.165, 1.54) is 0 Å². The van der Waals surface area contributed by atoms with Crippen molar-refractivity contribution in [1.29, 1.82) is 0 Å². The Bertz CT molecular complexity index is 434. The zero-order valence-corrected chi connectivity index (χ0v) is 9.60. The summed E-state index contributed by atoms with van der Waals surface area (Å²) in [4.78, 5) is 11.4. The number of aliphatic hydroxyl groups is 2. The number of hydrogen-bond donors (Lipinski definition) is 2. The van der Waals surface area contributed by atoms with Crippen molar-refractivity contribution in [3.05, 3.63) is 47.2 Å². The molecule has 0 aliphatic heterocycles. The van der Waals surface area contributed by atoms with Crippen LogP contribution in [-0.2, 0) is 4.79 Å². The van der Waals surface area contributed by atoms with Crippen molar-refractivity contribution in [3.63, 3.8) is 0 Å². The van der Waals surface area contributed by atoms with Crippen LogP contribution in [-0.4, -0.2) is 22.6 Å². The molecule has 17 heavy (non-hydrogen) atoms. The molecule has 0 spiro atoms. The average Bonchev–Trinajstić information content (AvgIpc) is 2.69.